The molecular formula is C17H26N2O2. The molecule has 2 aliphatic carbocycles. The highest BCUT2D eigenvalue weighted by atomic mass is 16.1. The quantitative estimate of drug-likeness (QED) is 0.580. The molecule has 4 nitrogen and oxygen atoms in total. The van der Waals surface area contributed by atoms with Gasteiger partial charge in [0.15, 0.2) is 5.66 Å². The van der Waals surface area contributed by atoms with Gasteiger partial charge in [-0.2, -0.15) is 9.98 Å². The maximum Gasteiger partial charge on any atom is 0.237 e. The molecule has 0 spiro atoms. The van der Waals surface area contributed by atoms with E-state index < -0.39 is 5.66 Å². The number of carbonyl (C=O) groups excluding carboxylic acids is 2. The van der Waals surface area contributed by atoms with Gasteiger partial charge in [-0.05, 0) is 37.5 Å². The monoisotopic (exact) mass is 290 g/mol. The molecule has 0 saturated heterocycles. The summed E-state index contributed by atoms with van der Waals surface area (Å²) in [6.45, 7) is 4.51. The lowest BCUT2D eigenvalue weighted by atomic mass is 9.67. The van der Waals surface area contributed by atoms with Crippen LogP contribution in [0.5, 0.6) is 0 Å². The zero-order chi connectivity index (χ0) is 15.3. The normalized spacial score (nSPS) is 35.9. The van der Waals surface area contributed by atoms with Crippen molar-refractivity contribution in [2.75, 3.05) is 0 Å². The molecule has 0 unspecified atom stereocenters. The minimum atomic E-state index is -0.885. The summed E-state index contributed by atoms with van der Waals surface area (Å²) in [5, 5.41) is 0. The van der Waals surface area contributed by atoms with Crippen molar-refractivity contribution in [2.24, 2.45) is 33.7 Å². The largest absolute Gasteiger partial charge is 0.237 e. The minimum absolute atomic E-state index is 0.190. The second kappa shape index (κ2) is 7.15. The van der Waals surface area contributed by atoms with Gasteiger partial charge in [-0.3, -0.25) is 0 Å². The standard InChI is InChI=1S/C17H26N2O2/c1-13-3-7-15(8-4-13)17(18-11-20,19-12-21)16-9-5-14(2)6-10-16/h13-16H,3-10H2,1-2H3. The zero-order valence-electron chi connectivity index (χ0n) is 13.2. The van der Waals surface area contributed by atoms with E-state index in [0.717, 1.165) is 51.4 Å². The number of rotatable bonds is 4. The Bertz CT molecular complexity index is 392. The van der Waals surface area contributed by atoms with E-state index in [0.29, 0.717) is 11.8 Å². The first-order valence-electron chi connectivity index (χ1n) is 8.30. The SMILES string of the molecule is CC1CCC(C(N=C=O)(N=C=O)C2CCC(C)CC2)CC1. The van der Waals surface area contributed by atoms with Crippen molar-refractivity contribution in [3.05, 3.63) is 0 Å². The molecule has 2 aliphatic rings. The van der Waals surface area contributed by atoms with Crippen molar-refractivity contribution in [1.29, 1.82) is 0 Å². The molecule has 0 atom stereocenters. The molecule has 0 aliphatic heterocycles. The van der Waals surface area contributed by atoms with Gasteiger partial charge in [-0.25, -0.2) is 9.59 Å². The van der Waals surface area contributed by atoms with Gasteiger partial charge in [0.05, 0.1) is 0 Å². The Kier molecular flexibility index (Phi) is 5.50. The van der Waals surface area contributed by atoms with Gasteiger partial charge < -0.3 is 0 Å². The number of hydrogen-bond donors (Lipinski definition) is 0. The van der Waals surface area contributed by atoms with Crippen LogP contribution >= 0.6 is 0 Å². The van der Waals surface area contributed by atoms with E-state index in [9.17, 15) is 9.59 Å². The molecule has 116 valence electrons. The Morgan fingerprint density at radius 1 is 0.714 bits per heavy atom. The van der Waals surface area contributed by atoms with E-state index in [1.54, 1.807) is 12.2 Å². The fourth-order valence-electron chi connectivity index (χ4n) is 4.24. The van der Waals surface area contributed by atoms with E-state index in [1.165, 1.54) is 0 Å². The van der Waals surface area contributed by atoms with Gasteiger partial charge in [-0.1, -0.05) is 39.5 Å². The summed E-state index contributed by atoms with van der Waals surface area (Å²) < 4.78 is 0. The highest BCUT2D eigenvalue weighted by Crippen LogP contribution is 2.47. The van der Waals surface area contributed by atoms with Gasteiger partial charge in [0.25, 0.3) is 0 Å². The molecule has 0 bridgehead atoms. The molecule has 0 N–H and O–H groups in total. The zero-order valence-corrected chi connectivity index (χ0v) is 13.2. The van der Waals surface area contributed by atoms with Gasteiger partial charge in [0.2, 0.25) is 12.2 Å². The van der Waals surface area contributed by atoms with E-state index in [-0.39, 0.29) is 11.8 Å². The van der Waals surface area contributed by atoms with Crippen molar-refractivity contribution in [1.82, 2.24) is 0 Å². The molecule has 0 aromatic heterocycles. The first-order valence-corrected chi connectivity index (χ1v) is 8.30. The third-order valence-corrected chi connectivity index (χ3v) is 5.68. The smallest absolute Gasteiger partial charge is 0.211 e. The first-order chi connectivity index (χ1) is 10.1. The fraction of sp³-hybridized carbons (Fsp3) is 0.882. The molecule has 2 rings (SSSR count). The maximum absolute atomic E-state index is 11.0. The average molecular weight is 290 g/mol. The fourth-order valence-corrected chi connectivity index (χ4v) is 4.24. The lowest BCUT2D eigenvalue weighted by Gasteiger charge is -2.43. The lowest BCUT2D eigenvalue weighted by Crippen LogP contribution is -2.44. The summed E-state index contributed by atoms with van der Waals surface area (Å²) in [4.78, 5) is 30.3. The Morgan fingerprint density at radius 2 is 1.05 bits per heavy atom. The van der Waals surface area contributed by atoms with E-state index >= 15 is 0 Å². The summed E-state index contributed by atoms with van der Waals surface area (Å²) in [5.74, 6) is 1.81. The summed E-state index contributed by atoms with van der Waals surface area (Å²) in [5.41, 5.74) is -0.885. The molecule has 2 saturated carbocycles. The Balaban J connectivity index is 2.28. The van der Waals surface area contributed by atoms with Gasteiger partial charge in [-0.15, -0.1) is 0 Å². The number of nitrogens with zero attached hydrogens (tertiary/aromatic N) is 2. The second-order valence-electron chi connectivity index (χ2n) is 7.10. The van der Waals surface area contributed by atoms with Crippen LogP contribution in [0, 0.1) is 23.7 Å². The summed E-state index contributed by atoms with van der Waals surface area (Å²) in [6, 6.07) is 0. The van der Waals surface area contributed by atoms with E-state index in [2.05, 4.69) is 23.8 Å². The Hall–Kier alpha value is -1.24. The minimum Gasteiger partial charge on any atom is -0.211 e. The molecule has 0 aromatic rings. The molecule has 0 aromatic carbocycles. The van der Waals surface area contributed by atoms with Crippen LogP contribution in [-0.2, 0) is 9.59 Å². The predicted octanol–water partition coefficient (Wildman–Crippen LogP) is 4.01. The van der Waals surface area contributed by atoms with Crippen LogP contribution in [0.15, 0.2) is 9.98 Å². The van der Waals surface area contributed by atoms with Crippen LogP contribution in [0.25, 0.3) is 0 Å². The Labute approximate surface area is 127 Å². The maximum atomic E-state index is 11.0. The first kappa shape index (κ1) is 16.1. The molecule has 2 fully saturated rings. The number of aliphatic imine (C=N–C) groups is 2. The number of hydrogen-bond acceptors (Lipinski definition) is 4. The highest BCUT2D eigenvalue weighted by Gasteiger charge is 2.47. The second-order valence-corrected chi connectivity index (χ2v) is 7.10. The van der Waals surface area contributed by atoms with Crippen molar-refractivity contribution in [2.45, 2.75) is 70.9 Å². The van der Waals surface area contributed by atoms with Gasteiger partial charge >= 0.3 is 0 Å². The van der Waals surface area contributed by atoms with Crippen molar-refractivity contribution in [3.8, 4) is 0 Å². The molecule has 0 heterocycles. The van der Waals surface area contributed by atoms with Crippen LogP contribution < -0.4 is 0 Å². The van der Waals surface area contributed by atoms with Crippen LogP contribution in [0.1, 0.15) is 65.2 Å². The molecule has 0 amide bonds. The van der Waals surface area contributed by atoms with E-state index in [4.69, 9.17) is 0 Å². The van der Waals surface area contributed by atoms with E-state index in [1.807, 2.05) is 0 Å². The van der Waals surface area contributed by atoms with Crippen molar-refractivity contribution < 1.29 is 9.59 Å². The topological polar surface area (TPSA) is 58.9 Å². The number of isocyanates is 2. The van der Waals surface area contributed by atoms with Crippen LogP contribution in [0.2, 0.25) is 0 Å². The average Bonchev–Trinajstić information content (AvgIpc) is 2.48. The third kappa shape index (κ3) is 3.51. The lowest BCUT2D eigenvalue weighted by molar-refractivity contribution is 0.0935. The van der Waals surface area contributed by atoms with Crippen molar-refractivity contribution in [3.63, 3.8) is 0 Å². The summed E-state index contributed by atoms with van der Waals surface area (Å²) >= 11 is 0. The van der Waals surface area contributed by atoms with Crippen LogP contribution in [0.3, 0.4) is 0 Å². The molecule has 4 heteroatoms. The van der Waals surface area contributed by atoms with Crippen LogP contribution in [-0.4, -0.2) is 17.8 Å². The molecule has 0 radical (unpaired) electrons. The summed E-state index contributed by atoms with van der Waals surface area (Å²) in [6.07, 6.45) is 11.9. The Morgan fingerprint density at radius 3 is 1.33 bits per heavy atom. The summed E-state index contributed by atoms with van der Waals surface area (Å²) in [7, 11) is 0. The van der Waals surface area contributed by atoms with Crippen LogP contribution in [0.4, 0.5) is 0 Å². The molecular weight excluding hydrogens is 264 g/mol. The highest BCUT2D eigenvalue weighted by molar-refractivity contribution is 5.40. The molecule has 21 heavy (non-hydrogen) atoms. The predicted molar refractivity (Wildman–Crippen MR) is 81.2 cm³/mol. The van der Waals surface area contributed by atoms with Gasteiger partial charge in [0.1, 0.15) is 0 Å². The third-order valence-electron chi connectivity index (χ3n) is 5.68. The van der Waals surface area contributed by atoms with Gasteiger partial charge in [0, 0.05) is 11.8 Å². The van der Waals surface area contributed by atoms with Crippen molar-refractivity contribution >= 4 is 12.2 Å².